The van der Waals surface area contributed by atoms with Crippen LogP contribution in [-0.2, 0) is 24.2 Å². The van der Waals surface area contributed by atoms with Gasteiger partial charge in [-0.3, -0.25) is 9.78 Å². The number of nitrogens with zero attached hydrogens (tertiary/aromatic N) is 5. The van der Waals surface area contributed by atoms with Gasteiger partial charge in [0.2, 0.25) is 5.91 Å². The minimum absolute atomic E-state index is 0.253. The van der Waals surface area contributed by atoms with Crippen LogP contribution in [0.1, 0.15) is 48.9 Å². The van der Waals surface area contributed by atoms with E-state index in [0.29, 0.717) is 13.0 Å². The number of aromatic nitrogens is 3. The van der Waals surface area contributed by atoms with Gasteiger partial charge in [-0.25, -0.2) is 9.97 Å². The average Bonchev–Trinajstić information content (AvgIpc) is 3.21. The molecule has 0 N–H and O–H groups in total. The Hall–Kier alpha value is -2.50. The Kier molecular flexibility index (Phi) is 4.49. The number of rotatable bonds is 3. The highest BCUT2D eigenvalue weighted by atomic mass is 16.2. The summed E-state index contributed by atoms with van der Waals surface area (Å²) in [6.45, 7) is 3.60. The predicted molar refractivity (Wildman–Crippen MR) is 107 cm³/mol. The molecule has 0 atom stereocenters. The van der Waals surface area contributed by atoms with E-state index in [1.807, 2.05) is 12.3 Å². The molecule has 3 aliphatic rings. The zero-order valence-corrected chi connectivity index (χ0v) is 16.3. The molecule has 0 saturated carbocycles. The van der Waals surface area contributed by atoms with Gasteiger partial charge in [0, 0.05) is 56.3 Å². The topological polar surface area (TPSA) is 62.2 Å². The van der Waals surface area contributed by atoms with Crippen molar-refractivity contribution in [3.63, 3.8) is 0 Å². The van der Waals surface area contributed by atoms with Crippen LogP contribution in [0.2, 0.25) is 0 Å². The summed E-state index contributed by atoms with van der Waals surface area (Å²) in [5.41, 5.74) is 3.98. The normalized spacial score (nSPS) is 21.2. The molecule has 2 aliphatic heterocycles. The molecule has 0 aromatic carbocycles. The van der Waals surface area contributed by atoms with Crippen molar-refractivity contribution in [3.05, 3.63) is 47.7 Å². The second kappa shape index (κ2) is 7.15. The highest BCUT2D eigenvalue weighted by Gasteiger charge is 2.41. The van der Waals surface area contributed by atoms with Crippen molar-refractivity contribution in [3.8, 4) is 0 Å². The fourth-order valence-electron chi connectivity index (χ4n) is 5.17. The molecule has 1 aliphatic carbocycles. The molecule has 2 aromatic heterocycles. The van der Waals surface area contributed by atoms with Crippen LogP contribution in [0.25, 0.3) is 0 Å². The first-order valence-corrected chi connectivity index (χ1v) is 10.5. The smallest absolute Gasteiger partial charge is 0.222 e. The summed E-state index contributed by atoms with van der Waals surface area (Å²) in [6.07, 6.45) is 12.7. The monoisotopic (exact) mass is 377 g/mol. The molecule has 2 aromatic rings. The maximum absolute atomic E-state index is 12.5. The van der Waals surface area contributed by atoms with E-state index in [1.165, 1.54) is 17.7 Å². The van der Waals surface area contributed by atoms with Crippen LogP contribution < -0.4 is 4.90 Å². The summed E-state index contributed by atoms with van der Waals surface area (Å²) in [6, 6.07) is 4.00. The van der Waals surface area contributed by atoms with E-state index < -0.39 is 0 Å². The van der Waals surface area contributed by atoms with Crippen molar-refractivity contribution < 1.29 is 4.79 Å². The van der Waals surface area contributed by atoms with Crippen LogP contribution in [0.5, 0.6) is 0 Å². The van der Waals surface area contributed by atoms with E-state index in [9.17, 15) is 4.79 Å². The van der Waals surface area contributed by atoms with Crippen LogP contribution in [-0.4, -0.2) is 45.4 Å². The SMILES string of the molecule is O=C1CCC2(CCN(c3ncnc4c3CCC4)CC2)CN1Cc1cccnc1. The van der Waals surface area contributed by atoms with Crippen molar-refractivity contribution in [1.82, 2.24) is 19.9 Å². The Morgan fingerprint density at radius 2 is 1.96 bits per heavy atom. The number of aryl methyl sites for hydroxylation is 1. The number of hydrogen-bond donors (Lipinski definition) is 0. The first-order valence-electron chi connectivity index (χ1n) is 10.5. The lowest BCUT2D eigenvalue weighted by molar-refractivity contribution is -0.139. The quantitative estimate of drug-likeness (QED) is 0.823. The summed E-state index contributed by atoms with van der Waals surface area (Å²) >= 11 is 0. The molecule has 6 heteroatoms. The first kappa shape index (κ1) is 17.6. The van der Waals surface area contributed by atoms with Gasteiger partial charge in [-0.2, -0.15) is 0 Å². The lowest BCUT2D eigenvalue weighted by atomic mass is 9.72. The number of amides is 1. The van der Waals surface area contributed by atoms with E-state index in [4.69, 9.17) is 0 Å². The number of anilines is 1. The molecule has 1 spiro atoms. The van der Waals surface area contributed by atoms with Crippen LogP contribution in [0.4, 0.5) is 5.82 Å². The fraction of sp³-hybridized carbons (Fsp3) is 0.545. The van der Waals surface area contributed by atoms with Crippen molar-refractivity contribution in [2.75, 3.05) is 24.5 Å². The molecule has 5 rings (SSSR count). The third kappa shape index (κ3) is 3.25. The summed E-state index contributed by atoms with van der Waals surface area (Å²) in [5, 5.41) is 0. The zero-order valence-electron chi connectivity index (χ0n) is 16.3. The predicted octanol–water partition coefficient (Wildman–Crippen LogP) is 2.77. The second-order valence-electron chi connectivity index (χ2n) is 8.57. The van der Waals surface area contributed by atoms with Gasteiger partial charge in [0.15, 0.2) is 0 Å². The van der Waals surface area contributed by atoms with Gasteiger partial charge >= 0.3 is 0 Å². The zero-order chi connectivity index (χ0) is 19.0. The number of fused-ring (bicyclic) bond motifs is 1. The second-order valence-corrected chi connectivity index (χ2v) is 8.57. The van der Waals surface area contributed by atoms with Crippen molar-refractivity contribution in [2.45, 2.75) is 51.5 Å². The number of pyridine rings is 1. The molecule has 6 nitrogen and oxygen atoms in total. The molecule has 146 valence electrons. The number of hydrogen-bond acceptors (Lipinski definition) is 5. The van der Waals surface area contributed by atoms with Gasteiger partial charge in [-0.15, -0.1) is 0 Å². The van der Waals surface area contributed by atoms with Gasteiger partial charge in [-0.1, -0.05) is 6.07 Å². The van der Waals surface area contributed by atoms with Crippen LogP contribution >= 0.6 is 0 Å². The Balaban J connectivity index is 1.28. The largest absolute Gasteiger partial charge is 0.356 e. The number of likely N-dealkylation sites (tertiary alicyclic amines) is 1. The van der Waals surface area contributed by atoms with Gasteiger partial charge in [0.25, 0.3) is 0 Å². The lowest BCUT2D eigenvalue weighted by Crippen LogP contribution is -2.51. The summed E-state index contributed by atoms with van der Waals surface area (Å²) in [4.78, 5) is 30.3. The summed E-state index contributed by atoms with van der Waals surface area (Å²) in [7, 11) is 0. The van der Waals surface area contributed by atoms with Gasteiger partial charge in [0.05, 0.1) is 0 Å². The van der Waals surface area contributed by atoms with Crippen molar-refractivity contribution >= 4 is 11.7 Å². The van der Waals surface area contributed by atoms with E-state index >= 15 is 0 Å². The maximum atomic E-state index is 12.5. The van der Waals surface area contributed by atoms with E-state index in [2.05, 4.69) is 30.8 Å². The Morgan fingerprint density at radius 3 is 2.79 bits per heavy atom. The van der Waals surface area contributed by atoms with E-state index in [0.717, 1.165) is 63.1 Å². The first-order chi connectivity index (χ1) is 13.7. The van der Waals surface area contributed by atoms with E-state index in [-0.39, 0.29) is 11.3 Å². The molecular formula is C22H27N5O. The third-order valence-corrected chi connectivity index (χ3v) is 6.82. The standard InChI is InChI=1S/C22H27N5O/c28-20-6-7-22(15-27(20)14-17-3-2-10-23-13-17)8-11-26(12-9-22)21-18-4-1-5-19(18)24-16-25-21/h2-3,10,13,16H,1,4-9,11-12,14-15H2. The van der Waals surface area contributed by atoms with Crippen LogP contribution in [0.3, 0.4) is 0 Å². The number of carbonyl (C=O) groups is 1. The third-order valence-electron chi connectivity index (χ3n) is 6.82. The molecule has 0 bridgehead atoms. The fourth-order valence-corrected chi connectivity index (χ4v) is 5.17. The molecule has 0 unspecified atom stereocenters. The highest BCUT2D eigenvalue weighted by Crippen LogP contribution is 2.42. The van der Waals surface area contributed by atoms with Crippen molar-refractivity contribution in [1.29, 1.82) is 0 Å². The Bertz CT molecular complexity index is 860. The molecule has 2 fully saturated rings. The van der Waals surface area contributed by atoms with Gasteiger partial charge in [-0.05, 0) is 55.6 Å². The van der Waals surface area contributed by atoms with Gasteiger partial charge < -0.3 is 9.80 Å². The van der Waals surface area contributed by atoms with E-state index in [1.54, 1.807) is 12.5 Å². The summed E-state index contributed by atoms with van der Waals surface area (Å²) in [5.74, 6) is 1.45. The molecule has 0 radical (unpaired) electrons. The number of piperidine rings is 2. The number of carbonyl (C=O) groups excluding carboxylic acids is 1. The highest BCUT2D eigenvalue weighted by molar-refractivity contribution is 5.77. The Morgan fingerprint density at radius 1 is 1.07 bits per heavy atom. The minimum Gasteiger partial charge on any atom is -0.356 e. The molecule has 1 amide bonds. The molecule has 28 heavy (non-hydrogen) atoms. The van der Waals surface area contributed by atoms with Crippen LogP contribution in [0.15, 0.2) is 30.9 Å². The summed E-state index contributed by atoms with van der Waals surface area (Å²) < 4.78 is 0. The molecular weight excluding hydrogens is 350 g/mol. The Labute approximate surface area is 166 Å². The lowest BCUT2D eigenvalue weighted by Gasteiger charge is -2.48. The molecule has 4 heterocycles. The maximum Gasteiger partial charge on any atom is 0.222 e. The van der Waals surface area contributed by atoms with Gasteiger partial charge in [0.1, 0.15) is 12.1 Å². The minimum atomic E-state index is 0.253. The average molecular weight is 377 g/mol. The van der Waals surface area contributed by atoms with Crippen LogP contribution in [0, 0.1) is 5.41 Å². The molecule has 2 saturated heterocycles. The van der Waals surface area contributed by atoms with Crippen molar-refractivity contribution in [2.24, 2.45) is 5.41 Å².